The van der Waals surface area contributed by atoms with Gasteiger partial charge in [0.1, 0.15) is 0 Å². The highest BCUT2D eigenvalue weighted by Crippen LogP contribution is 2.45. The van der Waals surface area contributed by atoms with E-state index in [1.807, 2.05) is 12.1 Å². The number of anilines is 4. The van der Waals surface area contributed by atoms with Crippen LogP contribution in [0.4, 0.5) is 27.5 Å². The summed E-state index contributed by atoms with van der Waals surface area (Å²) in [6, 6.07) is 14.2. The van der Waals surface area contributed by atoms with E-state index in [0.29, 0.717) is 11.5 Å². The van der Waals surface area contributed by atoms with Crippen molar-refractivity contribution < 1.29 is 19.1 Å². The number of nitrogens with two attached hydrogens (primary N) is 1. The molecule has 2 heterocycles. The van der Waals surface area contributed by atoms with Crippen LogP contribution >= 0.6 is 0 Å². The zero-order valence-electron chi connectivity index (χ0n) is 23.7. The van der Waals surface area contributed by atoms with Gasteiger partial charge in [-0.3, -0.25) is 4.79 Å². The van der Waals surface area contributed by atoms with E-state index < -0.39 is 11.8 Å². The summed E-state index contributed by atoms with van der Waals surface area (Å²) in [5.74, 6) is -1.55. The Morgan fingerprint density at radius 2 is 1.76 bits per heavy atom. The lowest BCUT2D eigenvalue weighted by Gasteiger charge is -2.35. The lowest BCUT2D eigenvalue weighted by Crippen LogP contribution is -2.44. The van der Waals surface area contributed by atoms with E-state index in [1.54, 1.807) is 30.3 Å². The van der Waals surface area contributed by atoms with Crippen molar-refractivity contribution in [3.8, 4) is 0 Å². The van der Waals surface area contributed by atoms with E-state index in [2.05, 4.69) is 62.6 Å². The summed E-state index contributed by atoms with van der Waals surface area (Å²) >= 11 is 0. The Balaban J connectivity index is 0.000000336. The second kappa shape index (κ2) is 12.6. The Bertz CT molecular complexity index is 1460. The van der Waals surface area contributed by atoms with E-state index in [9.17, 15) is 14.0 Å². The maximum Gasteiger partial charge on any atom is 0.335 e. The summed E-state index contributed by atoms with van der Waals surface area (Å²) in [5.41, 5.74) is 9.17. The van der Waals surface area contributed by atoms with Gasteiger partial charge in [-0.2, -0.15) is 4.98 Å². The minimum atomic E-state index is -0.879. The number of carboxylic acids is 1. The van der Waals surface area contributed by atoms with Gasteiger partial charge in [0.15, 0.2) is 11.6 Å². The van der Waals surface area contributed by atoms with E-state index >= 15 is 0 Å². The number of nitrogens with one attached hydrogen (secondary N) is 2. The number of primary amides is 1. The predicted molar refractivity (Wildman–Crippen MR) is 160 cm³/mol. The van der Waals surface area contributed by atoms with E-state index in [0.717, 1.165) is 50.0 Å². The van der Waals surface area contributed by atoms with Crippen LogP contribution in [0.2, 0.25) is 0 Å². The minimum absolute atomic E-state index is 0.0791. The Kier molecular flexibility index (Phi) is 8.67. The second-order valence-electron chi connectivity index (χ2n) is 11.0. The topological polar surface area (TPSA) is 137 Å². The molecule has 3 aliphatic rings. The number of carbonyl (C=O) groups excluding carboxylic acids is 1. The van der Waals surface area contributed by atoms with Crippen molar-refractivity contribution in [1.29, 1.82) is 0 Å². The number of hydrogen-bond donors (Lipinski definition) is 4. The number of rotatable bonds is 7. The van der Waals surface area contributed by atoms with Crippen LogP contribution in [0.15, 0.2) is 66.9 Å². The summed E-state index contributed by atoms with van der Waals surface area (Å²) in [6.07, 6.45) is 6.11. The van der Waals surface area contributed by atoms with Crippen molar-refractivity contribution >= 4 is 35.0 Å². The monoisotopic (exact) mass is 573 g/mol. The number of amides is 1. The van der Waals surface area contributed by atoms with Gasteiger partial charge in [-0.15, -0.1) is 0 Å². The molecular weight excluding hydrogens is 537 g/mol. The van der Waals surface area contributed by atoms with Gasteiger partial charge in [0.2, 0.25) is 11.9 Å². The highest BCUT2D eigenvalue weighted by molar-refractivity contribution is 5.87. The molecule has 0 radical (unpaired) electrons. The van der Waals surface area contributed by atoms with Crippen LogP contribution < -0.4 is 21.3 Å². The zero-order chi connectivity index (χ0) is 29.8. The molecular formula is C31H36FN7O3. The molecule has 2 bridgehead atoms. The molecule has 2 aromatic carbocycles. The first-order chi connectivity index (χ1) is 20.2. The maximum atomic E-state index is 14.5. The molecule has 1 aromatic heterocycles. The van der Waals surface area contributed by atoms with Gasteiger partial charge < -0.3 is 31.3 Å². The number of aryl methyl sites for hydroxylation is 1. The van der Waals surface area contributed by atoms with Crippen LogP contribution in [0, 0.1) is 30.5 Å². The third-order valence-corrected chi connectivity index (χ3v) is 8.15. The standard InChI is InChI=1S/C24H30FN7O.C7H6O2/c1-14-11-17(5-6-19(14)32-9-7-31(2)8-10-32)28-24-27-13-18(25)23(30-24)29-21-16-4-3-15(12-16)20(21)22(26)33;8-7(9)6-4-2-1-3-5-6/h3-6,11,13,15-16,20-21H,7-10,12H2,1-2H3,(H2,26,33)(H2,27,28,29,30);1-5H,(H,8,9)/t15-,16+,20+,21?;/m1./s1. The summed E-state index contributed by atoms with van der Waals surface area (Å²) in [7, 11) is 2.14. The third kappa shape index (κ3) is 6.52. The first-order valence-electron chi connectivity index (χ1n) is 14.1. The van der Waals surface area contributed by atoms with Gasteiger partial charge in [-0.1, -0.05) is 30.4 Å². The van der Waals surface area contributed by atoms with Crippen molar-refractivity contribution in [3.63, 3.8) is 0 Å². The second-order valence-corrected chi connectivity index (χ2v) is 11.0. The largest absolute Gasteiger partial charge is 0.478 e. The number of allylic oxidation sites excluding steroid dienone is 1. The fourth-order valence-corrected chi connectivity index (χ4v) is 5.94. The fraction of sp³-hybridized carbons (Fsp3) is 0.355. The normalized spacial score (nSPS) is 22.8. The van der Waals surface area contributed by atoms with Crippen LogP contribution in [0.25, 0.3) is 0 Å². The quantitative estimate of drug-likeness (QED) is 0.310. The highest BCUT2D eigenvalue weighted by atomic mass is 19.1. The van der Waals surface area contributed by atoms with Crippen LogP contribution in [0.3, 0.4) is 0 Å². The molecule has 1 amide bonds. The van der Waals surface area contributed by atoms with Crippen molar-refractivity contribution in [2.45, 2.75) is 19.4 Å². The number of carbonyl (C=O) groups is 2. The predicted octanol–water partition coefficient (Wildman–Crippen LogP) is 3.89. The lowest BCUT2D eigenvalue weighted by molar-refractivity contribution is -0.122. The van der Waals surface area contributed by atoms with Crippen molar-refractivity contribution in [2.24, 2.45) is 23.5 Å². The Morgan fingerprint density at radius 1 is 1.05 bits per heavy atom. The fourth-order valence-electron chi connectivity index (χ4n) is 5.94. The number of fused-ring (bicyclic) bond motifs is 2. The van der Waals surface area contributed by atoms with Gasteiger partial charge >= 0.3 is 5.97 Å². The van der Waals surface area contributed by atoms with Crippen LogP contribution in [0.5, 0.6) is 0 Å². The Morgan fingerprint density at radius 3 is 2.40 bits per heavy atom. The Hall–Kier alpha value is -4.51. The molecule has 42 heavy (non-hydrogen) atoms. The molecule has 2 aliphatic carbocycles. The van der Waals surface area contributed by atoms with Crippen molar-refractivity contribution in [3.05, 3.63) is 83.8 Å². The third-order valence-electron chi connectivity index (χ3n) is 8.15. The zero-order valence-corrected chi connectivity index (χ0v) is 23.7. The molecule has 6 rings (SSSR count). The molecule has 10 nitrogen and oxygen atoms in total. The Labute approximate surface area is 244 Å². The van der Waals surface area contributed by atoms with Crippen molar-refractivity contribution in [2.75, 3.05) is 48.8 Å². The van der Waals surface area contributed by atoms with E-state index in [4.69, 9.17) is 10.8 Å². The summed E-state index contributed by atoms with van der Waals surface area (Å²) in [4.78, 5) is 35.4. The molecule has 1 unspecified atom stereocenters. The van der Waals surface area contributed by atoms with Gasteiger partial charge in [0.25, 0.3) is 0 Å². The number of piperazine rings is 1. The maximum absolute atomic E-state index is 14.5. The average molecular weight is 574 g/mol. The minimum Gasteiger partial charge on any atom is -0.478 e. The van der Waals surface area contributed by atoms with Gasteiger partial charge in [0, 0.05) is 43.6 Å². The molecule has 3 aromatic rings. The number of halogens is 1. The van der Waals surface area contributed by atoms with Gasteiger partial charge in [-0.25, -0.2) is 14.2 Å². The SMILES string of the molecule is Cc1cc(Nc2ncc(F)c(NC3[C@@H](C(N)=O)[C@@H]4C=C[C@H]3C4)n2)ccc1N1CCN(C)CC1.O=C(O)c1ccccc1. The number of nitrogens with zero attached hydrogens (tertiary/aromatic N) is 4. The van der Waals surface area contributed by atoms with Crippen LogP contribution in [-0.4, -0.2) is 71.1 Å². The molecule has 5 N–H and O–H groups in total. The molecule has 4 atom stereocenters. The molecule has 1 aliphatic heterocycles. The smallest absolute Gasteiger partial charge is 0.335 e. The number of aromatic carboxylic acids is 1. The average Bonchev–Trinajstić information content (AvgIpc) is 3.59. The van der Waals surface area contributed by atoms with Crippen molar-refractivity contribution in [1.82, 2.24) is 14.9 Å². The van der Waals surface area contributed by atoms with Gasteiger partial charge in [0.05, 0.1) is 17.7 Å². The molecule has 220 valence electrons. The highest BCUT2D eigenvalue weighted by Gasteiger charge is 2.47. The first kappa shape index (κ1) is 29.0. The lowest BCUT2D eigenvalue weighted by atomic mass is 9.88. The molecule has 11 heteroatoms. The summed E-state index contributed by atoms with van der Waals surface area (Å²) in [6.45, 7) is 6.20. The van der Waals surface area contributed by atoms with E-state index in [1.165, 1.54) is 5.69 Å². The first-order valence-corrected chi connectivity index (χ1v) is 14.1. The van der Waals surface area contributed by atoms with Crippen LogP contribution in [0.1, 0.15) is 22.3 Å². The van der Waals surface area contributed by atoms with Gasteiger partial charge in [-0.05, 0) is 68.1 Å². The molecule has 1 saturated carbocycles. The summed E-state index contributed by atoms with van der Waals surface area (Å²) in [5, 5.41) is 14.7. The number of benzene rings is 2. The number of hydrogen-bond acceptors (Lipinski definition) is 8. The molecule has 0 spiro atoms. The number of carboxylic acid groups (broad SMARTS) is 1. The van der Waals surface area contributed by atoms with E-state index in [-0.39, 0.29) is 35.5 Å². The van der Waals surface area contributed by atoms with Crippen LogP contribution in [-0.2, 0) is 4.79 Å². The molecule has 1 saturated heterocycles. The summed E-state index contributed by atoms with van der Waals surface area (Å²) < 4.78 is 14.5. The number of likely N-dealkylation sites (N-methyl/N-ethyl adjacent to an activating group) is 1. The molecule has 2 fully saturated rings. The number of aromatic nitrogens is 2.